The van der Waals surface area contributed by atoms with Crippen molar-refractivity contribution in [2.45, 2.75) is 77.6 Å². The van der Waals surface area contributed by atoms with Gasteiger partial charge in [-0.2, -0.15) is 0 Å². The molecule has 0 saturated heterocycles. The molecule has 0 fully saturated rings. The lowest BCUT2D eigenvalue weighted by Crippen LogP contribution is -2.35. The molecule has 0 spiro atoms. The molecule has 0 unspecified atom stereocenters. The lowest BCUT2D eigenvalue weighted by Gasteiger charge is -2.38. The van der Waals surface area contributed by atoms with Crippen LogP contribution in [0, 0.1) is 0 Å². The van der Waals surface area contributed by atoms with E-state index in [9.17, 15) is 4.57 Å². The van der Waals surface area contributed by atoms with E-state index in [1.807, 2.05) is 133 Å². The Bertz CT molecular complexity index is 952. The standard InChI is InChI=1S/C30H39O4P/c1-28(2,22-25-16-10-7-11-17-25)32-35(31,33-29(3,4)23-26-18-12-8-13-19-26)34-30(5,6)24-27-20-14-9-15-21-27/h7-21H,22-24H2,1-6H3. The Balaban J connectivity index is 1.85. The molecule has 0 bridgehead atoms. The fourth-order valence-electron chi connectivity index (χ4n) is 4.32. The number of phosphoric acid groups is 1. The first-order valence-corrected chi connectivity index (χ1v) is 13.7. The zero-order valence-electron chi connectivity index (χ0n) is 21.9. The van der Waals surface area contributed by atoms with Crippen LogP contribution in [0.5, 0.6) is 0 Å². The summed E-state index contributed by atoms with van der Waals surface area (Å²) in [4.78, 5) is 0. The molecule has 3 aromatic carbocycles. The Morgan fingerprint density at radius 3 is 0.943 bits per heavy atom. The van der Waals surface area contributed by atoms with Crippen LogP contribution in [-0.4, -0.2) is 16.8 Å². The lowest BCUT2D eigenvalue weighted by atomic mass is 9.99. The number of hydrogen-bond acceptors (Lipinski definition) is 4. The van der Waals surface area contributed by atoms with Gasteiger partial charge in [0, 0.05) is 19.3 Å². The molecule has 35 heavy (non-hydrogen) atoms. The van der Waals surface area contributed by atoms with Gasteiger partial charge < -0.3 is 0 Å². The van der Waals surface area contributed by atoms with Crippen molar-refractivity contribution < 1.29 is 18.1 Å². The number of phosphoric ester groups is 1. The number of hydrogen-bond donors (Lipinski definition) is 0. The molecule has 188 valence electrons. The van der Waals surface area contributed by atoms with E-state index in [-0.39, 0.29) is 0 Å². The molecule has 0 atom stereocenters. The van der Waals surface area contributed by atoms with E-state index in [2.05, 4.69) is 0 Å². The van der Waals surface area contributed by atoms with Gasteiger partial charge in [-0.05, 0) is 58.2 Å². The van der Waals surface area contributed by atoms with Crippen LogP contribution in [0.25, 0.3) is 0 Å². The molecule has 3 aromatic rings. The molecule has 0 aliphatic carbocycles. The maximum absolute atomic E-state index is 14.4. The van der Waals surface area contributed by atoms with Gasteiger partial charge in [-0.25, -0.2) is 4.57 Å². The second-order valence-corrected chi connectivity index (χ2v) is 12.4. The van der Waals surface area contributed by atoms with E-state index in [4.69, 9.17) is 13.6 Å². The second kappa shape index (κ2) is 11.2. The Hall–Kier alpha value is -2.23. The summed E-state index contributed by atoms with van der Waals surface area (Å²) in [6, 6.07) is 30.1. The van der Waals surface area contributed by atoms with Crippen molar-refractivity contribution in [3.63, 3.8) is 0 Å². The van der Waals surface area contributed by atoms with Crippen molar-refractivity contribution in [3.05, 3.63) is 108 Å². The van der Waals surface area contributed by atoms with Gasteiger partial charge in [0.25, 0.3) is 0 Å². The molecular formula is C30H39O4P. The first-order valence-electron chi connectivity index (χ1n) is 12.2. The van der Waals surface area contributed by atoms with Gasteiger partial charge in [-0.1, -0.05) is 91.0 Å². The molecule has 5 heteroatoms. The maximum atomic E-state index is 14.4. The zero-order valence-corrected chi connectivity index (χ0v) is 22.8. The van der Waals surface area contributed by atoms with E-state index in [0.717, 1.165) is 16.7 Å². The summed E-state index contributed by atoms with van der Waals surface area (Å²) in [5, 5.41) is 0. The third kappa shape index (κ3) is 9.39. The largest absolute Gasteiger partial charge is 0.476 e. The Kier molecular flexibility index (Phi) is 8.77. The van der Waals surface area contributed by atoms with Crippen LogP contribution in [-0.2, 0) is 37.4 Å². The molecule has 0 heterocycles. The molecule has 0 radical (unpaired) electrons. The lowest BCUT2D eigenvalue weighted by molar-refractivity contribution is -0.0405. The summed E-state index contributed by atoms with van der Waals surface area (Å²) in [6.07, 6.45) is 1.72. The highest BCUT2D eigenvalue weighted by atomic mass is 31.2. The first kappa shape index (κ1) is 27.4. The summed E-state index contributed by atoms with van der Waals surface area (Å²) < 4.78 is 33.2. The van der Waals surface area contributed by atoms with Crippen molar-refractivity contribution in [2.24, 2.45) is 0 Å². The van der Waals surface area contributed by atoms with Gasteiger partial charge in [-0.15, -0.1) is 0 Å². The van der Waals surface area contributed by atoms with Crippen molar-refractivity contribution in [2.75, 3.05) is 0 Å². The highest BCUT2D eigenvalue weighted by Crippen LogP contribution is 2.59. The summed E-state index contributed by atoms with van der Waals surface area (Å²) in [7, 11) is -3.99. The van der Waals surface area contributed by atoms with Gasteiger partial charge in [0.1, 0.15) is 0 Å². The van der Waals surface area contributed by atoms with Crippen LogP contribution >= 0.6 is 7.82 Å². The number of rotatable bonds is 12. The topological polar surface area (TPSA) is 44.8 Å². The summed E-state index contributed by atoms with van der Waals surface area (Å²) >= 11 is 0. The van der Waals surface area contributed by atoms with E-state index < -0.39 is 24.6 Å². The van der Waals surface area contributed by atoms with Gasteiger partial charge >= 0.3 is 7.82 Å². The van der Waals surface area contributed by atoms with E-state index >= 15 is 0 Å². The van der Waals surface area contributed by atoms with Gasteiger partial charge in [0.15, 0.2) is 0 Å². The van der Waals surface area contributed by atoms with Crippen LogP contribution in [0.15, 0.2) is 91.0 Å². The summed E-state index contributed by atoms with van der Waals surface area (Å²) in [6.45, 7) is 11.5. The van der Waals surface area contributed by atoms with Crippen LogP contribution in [0.3, 0.4) is 0 Å². The van der Waals surface area contributed by atoms with Crippen LogP contribution in [0.4, 0.5) is 0 Å². The highest BCUT2D eigenvalue weighted by Gasteiger charge is 2.44. The van der Waals surface area contributed by atoms with Crippen LogP contribution < -0.4 is 0 Å². The smallest absolute Gasteiger partial charge is 0.280 e. The molecule has 0 saturated carbocycles. The predicted molar refractivity (Wildman–Crippen MR) is 144 cm³/mol. The predicted octanol–water partition coefficient (Wildman–Crippen LogP) is 8.21. The second-order valence-electron chi connectivity index (χ2n) is 11.0. The molecule has 3 rings (SSSR count). The molecule has 4 nitrogen and oxygen atoms in total. The van der Waals surface area contributed by atoms with Crippen molar-refractivity contribution in [1.29, 1.82) is 0 Å². The quantitative estimate of drug-likeness (QED) is 0.238. The van der Waals surface area contributed by atoms with Crippen molar-refractivity contribution in [1.82, 2.24) is 0 Å². The SMILES string of the molecule is CC(C)(Cc1ccccc1)OP(=O)(OC(C)(C)Cc1ccccc1)OC(C)(C)Cc1ccccc1. The fourth-order valence-corrected chi connectivity index (χ4v) is 6.44. The minimum absolute atomic E-state index is 0.572. The Morgan fingerprint density at radius 2 is 0.714 bits per heavy atom. The molecule has 0 aromatic heterocycles. The minimum atomic E-state index is -3.99. The van der Waals surface area contributed by atoms with E-state index in [0.29, 0.717) is 19.3 Å². The minimum Gasteiger partial charge on any atom is -0.280 e. The van der Waals surface area contributed by atoms with Crippen LogP contribution in [0.2, 0.25) is 0 Å². The van der Waals surface area contributed by atoms with Crippen molar-refractivity contribution >= 4 is 7.82 Å². The molecule has 0 aliphatic rings. The zero-order chi connectivity index (χ0) is 25.6. The molecule has 0 aliphatic heterocycles. The van der Waals surface area contributed by atoms with E-state index in [1.54, 1.807) is 0 Å². The molecule has 0 N–H and O–H groups in total. The first-order chi connectivity index (χ1) is 16.4. The average molecular weight is 495 g/mol. The average Bonchev–Trinajstić information content (AvgIpc) is 2.73. The molecule has 0 amide bonds. The number of benzene rings is 3. The fraction of sp³-hybridized carbons (Fsp3) is 0.400. The van der Waals surface area contributed by atoms with Crippen molar-refractivity contribution in [3.8, 4) is 0 Å². The summed E-state index contributed by atoms with van der Waals surface area (Å²) in [5.41, 5.74) is 0.955. The van der Waals surface area contributed by atoms with Gasteiger partial charge in [-0.3, -0.25) is 13.6 Å². The normalized spacial score (nSPS) is 13.1. The molecular weight excluding hydrogens is 455 g/mol. The van der Waals surface area contributed by atoms with Gasteiger partial charge in [0.05, 0.1) is 16.8 Å². The van der Waals surface area contributed by atoms with Gasteiger partial charge in [0.2, 0.25) is 0 Å². The van der Waals surface area contributed by atoms with E-state index in [1.165, 1.54) is 0 Å². The maximum Gasteiger partial charge on any atom is 0.476 e. The third-order valence-electron chi connectivity index (χ3n) is 5.49. The summed E-state index contributed by atoms with van der Waals surface area (Å²) in [5.74, 6) is 0. The highest BCUT2D eigenvalue weighted by molar-refractivity contribution is 7.48. The van der Waals surface area contributed by atoms with Crippen LogP contribution in [0.1, 0.15) is 58.2 Å². The Morgan fingerprint density at radius 1 is 0.486 bits per heavy atom. The Labute approximate surface area is 211 Å². The monoisotopic (exact) mass is 494 g/mol. The third-order valence-corrected chi connectivity index (χ3v) is 7.65.